The predicted octanol–water partition coefficient (Wildman–Crippen LogP) is 5.53. The number of amides is 1. The standard InChI is InChI=1S/C27H24F3N5O3S/c1-15-10-20(33-23(11-15)34-22-13-18(7-9-31-22)27(28,29)30)21-14-32-25(39-21)26(37)8-3-4-16-12-17(5-6-19(16)26)24(36)35-38-2/h5-7,9-14,37H,3-4,8H2,1-2H3,(H,35,36)(H,31,33,34)/t26-/m0/s1. The van der Waals surface area contributed by atoms with Gasteiger partial charge in [0, 0.05) is 18.0 Å². The summed E-state index contributed by atoms with van der Waals surface area (Å²) >= 11 is 1.29. The first-order valence-electron chi connectivity index (χ1n) is 12.0. The van der Waals surface area contributed by atoms with Crippen LogP contribution in [0.4, 0.5) is 24.8 Å². The Bertz CT molecular complexity index is 1540. The summed E-state index contributed by atoms with van der Waals surface area (Å²) in [6, 6.07) is 10.5. The molecule has 0 aliphatic heterocycles. The number of aryl methyl sites for hydroxylation is 2. The molecule has 39 heavy (non-hydrogen) atoms. The lowest BCUT2D eigenvalue weighted by Crippen LogP contribution is -2.32. The van der Waals surface area contributed by atoms with Crippen molar-refractivity contribution in [2.45, 2.75) is 38.0 Å². The number of carbonyl (C=O) groups excluding carboxylic acids is 1. The molecule has 0 bridgehead atoms. The third kappa shape index (κ3) is 5.49. The number of halogens is 3. The van der Waals surface area contributed by atoms with Crippen molar-refractivity contribution in [3.63, 3.8) is 0 Å². The van der Waals surface area contributed by atoms with E-state index in [1.54, 1.807) is 30.5 Å². The lowest BCUT2D eigenvalue weighted by Gasteiger charge is -2.33. The normalized spacial score (nSPS) is 17.0. The smallest absolute Gasteiger partial charge is 0.378 e. The van der Waals surface area contributed by atoms with Crippen molar-refractivity contribution in [2.75, 3.05) is 12.4 Å². The molecule has 5 rings (SSSR count). The minimum atomic E-state index is -4.49. The van der Waals surface area contributed by atoms with E-state index in [-0.39, 0.29) is 11.7 Å². The summed E-state index contributed by atoms with van der Waals surface area (Å²) in [5.41, 5.74) is 3.52. The van der Waals surface area contributed by atoms with Crippen LogP contribution in [0.5, 0.6) is 0 Å². The van der Waals surface area contributed by atoms with Gasteiger partial charge in [0.05, 0.1) is 23.2 Å². The van der Waals surface area contributed by atoms with Gasteiger partial charge in [0.15, 0.2) is 0 Å². The van der Waals surface area contributed by atoms with Crippen LogP contribution in [0.2, 0.25) is 0 Å². The monoisotopic (exact) mass is 555 g/mol. The number of hydrogen-bond donors (Lipinski definition) is 3. The Labute approximate surface area is 225 Å². The van der Waals surface area contributed by atoms with E-state index in [1.807, 2.05) is 13.0 Å². The van der Waals surface area contributed by atoms with Gasteiger partial charge >= 0.3 is 6.18 Å². The molecule has 0 unspecified atom stereocenters. The highest BCUT2D eigenvalue weighted by molar-refractivity contribution is 7.15. The second-order valence-corrected chi connectivity index (χ2v) is 10.2. The number of thiazole rings is 1. The molecule has 3 N–H and O–H groups in total. The van der Waals surface area contributed by atoms with Gasteiger partial charge < -0.3 is 10.4 Å². The number of nitrogens with zero attached hydrogens (tertiary/aromatic N) is 3. The molecule has 1 atom stereocenters. The fourth-order valence-electron chi connectivity index (χ4n) is 4.64. The molecule has 4 aromatic rings. The number of nitrogens with one attached hydrogen (secondary N) is 2. The Morgan fingerprint density at radius 2 is 1.95 bits per heavy atom. The Hall–Kier alpha value is -3.87. The average molecular weight is 556 g/mol. The van der Waals surface area contributed by atoms with Crippen LogP contribution in [0, 0.1) is 6.92 Å². The molecule has 202 valence electrons. The maximum Gasteiger partial charge on any atom is 0.416 e. The molecule has 3 heterocycles. The molecule has 3 aromatic heterocycles. The number of aromatic nitrogens is 3. The van der Waals surface area contributed by atoms with Crippen LogP contribution in [-0.2, 0) is 23.0 Å². The molecule has 1 amide bonds. The number of pyridine rings is 2. The van der Waals surface area contributed by atoms with E-state index >= 15 is 0 Å². The number of anilines is 2. The molecule has 1 aromatic carbocycles. The van der Waals surface area contributed by atoms with Gasteiger partial charge in [-0.2, -0.15) is 13.2 Å². The van der Waals surface area contributed by atoms with Gasteiger partial charge in [-0.3, -0.25) is 9.63 Å². The molecule has 8 nitrogen and oxygen atoms in total. The number of fused-ring (bicyclic) bond motifs is 1. The minimum Gasteiger partial charge on any atom is -0.378 e. The second kappa shape index (κ2) is 10.4. The summed E-state index contributed by atoms with van der Waals surface area (Å²) in [4.78, 5) is 30.6. The summed E-state index contributed by atoms with van der Waals surface area (Å²) in [5.74, 6) is -0.0258. The number of hydroxylamine groups is 1. The number of rotatable bonds is 6. The first-order chi connectivity index (χ1) is 18.6. The van der Waals surface area contributed by atoms with Gasteiger partial charge in [-0.25, -0.2) is 20.4 Å². The van der Waals surface area contributed by atoms with Crippen LogP contribution < -0.4 is 10.8 Å². The highest BCUT2D eigenvalue weighted by Gasteiger charge is 2.39. The third-order valence-corrected chi connectivity index (χ3v) is 7.59. The van der Waals surface area contributed by atoms with Crippen LogP contribution in [0.1, 0.15) is 50.5 Å². The van der Waals surface area contributed by atoms with E-state index in [4.69, 9.17) is 4.84 Å². The van der Waals surface area contributed by atoms with Crippen molar-refractivity contribution in [1.82, 2.24) is 20.4 Å². The van der Waals surface area contributed by atoms with Gasteiger partial charge in [0.1, 0.15) is 22.2 Å². The molecule has 12 heteroatoms. The van der Waals surface area contributed by atoms with E-state index in [9.17, 15) is 23.1 Å². The van der Waals surface area contributed by atoms with E-state index in [2.05, 4.69) is 25.7 Å². The zero-order chi connectivity index (χ0) is 27.8. The first kappa shape index (κ1) is 26.7. The van der Waals surface area contributed by atoms with Gasteiger partial charge in [0.2, 0.25) is 0 Å². The molecule has 1 aliphatic carbocycles. The van der Waals surface area contributed by atoms with E-state index in [0.717, 1.165) is 29.5 Å². The predicted molar refractivity (Wildman–Crippen MR) is 139 cm³/mol. The number of alkyl halides is 3. The molecular weight excluding hydrogens is 531 g/mol. The quantitative estimate of drug-likeness (QED) is 0.268. The van der Waals surface area contributed by atoms with Gasteiger partial charge in [-0.15, -0.1) is 11.3 Å². The van der Waals surface area contributed by atoms with Crippen molar-refractivity contribution in [2.24, 2.45) is 0 Å². The average Bonchev–Trinajstić information content (AvgIpc) is 3.40. The van der Waals surface area contributed by atoms with Crippen molar-refractivity contribution in [3.8, 4) is 10.6 Å². The number of aliphatic hydroxyl groups is 1. The van der Waals surface area contributed by atoms with Gasteiger partial charge in [-0.1, -0.05) is 6.07 Å². The van der Waals surface area contributed by atoms with Crippen LogP contribution in [-0.4, -0.2) is 33.1 Å². The molecule has 0 saturated carbocycles. The van der Waals surface area contributed by atoms with E-state index < -0.39 is 17.3 Å². The number of hydrogen-bond acceptors (Lipinski definition) is 8. The lowest BCUT2D eigenvalue weighted by molar-refractivity contribution is -0.137. The van der Waals surface area contributed by atoms with Crippen LogP contribution in [0.25, 0.3) is 10.6 Å². The first-order valence-corrected chi connectivity index (χ1v) is 12.8. The topological polar surface area (TPSA) is 109 Å². The zero-order valence-corrected chi connectivity index (χ0v) is 21.8. The summed E-state index contributed by atoms with van der Waals surface area (Å²) in [5, 5.41) is 15.1. The maximum atomic E-state index is 13.1. The Morgan fingerprint density at radius 3 is 2.72 bits per heavy atom. The van der Waals surface area contributed by atoms with Crippen LogP contribution >= 0.6 is 11.3 Å². The summed E-state index contributed by atoms with van der Waals surface area (Å²) in [6.45, 7) is 1.85. The highest BCUT2D eigenvalue weighted by Crippen LogP contribution is 2.43. The molecular formula is C27H24F3N5O3S. The Morgan fingerprint density at radius 1 is 1.13 bits per heavy atom. The minimum absolute atomic E-state index is 0.0190. The Balaban J connectivity index is 1.44. The fraction of sp³-hybridized carbons (Fsp3) is 0.259. The number of carbonyl (C=O) groups is 1. The SMILES string of the molecule is CONC(=O)c1ccc2c(c1)CCC[C@@]2(O)c1ncc(-c2cc(C)cc(Nc3cc(C(F)(F)F)ccn3)n2)s1. The highest BCUT2D eigenvalue weighted by atomic mass is 32.1. The molecule has 0 saturated heterocycles. The summed E-state index contributed by atoms with van der Waals surface area (Å²) in [7, 11) is 1.36. The van der Waals surface area contributed by atoms with Crippen LogP contribution in [0.15, 0.2) is 54.9 Å². The Kier molecular flexibility index (Phi) is 7.10. The number of benzene rings is 1. The van der Waals surface area contributed by atoms with E-state index in [0.29, 0.717) is 51.8 Å². The summed E-state index contributed by atoms with van der Waals surface area (Å²) < 4.78 is 39.3. The largest absolute Gasteiger partial charge is 0.416 e. The van der Waals surface area contributed by atoms with Crippen LogP contribution in [0.3, 0.4) is 0 Å². The van der Waals surface area contributed by atoms with E-state index in [1.165, 1.54) is 18.4 Å². The second-order valence-electron chi connectivity index (χ2n) is 9.22. The van der Waals surface area contributed by atoms with Crippen molar-refractivity contribution in [1.29, 1.82) is 0 Å². The molecule has 0 fully saturated rings. The van der Waals surface area contributed by atoms with Gasteiger partial charge in [-0.05, 0) is 79.3 Å². The summed E-state index contributed by atoms with van der Waals surface area (Å²) in [6.07, 6.45) is 0.107. The van der Waals surface area contributed by atoms with Crippen molar-refractivity contribution in [3.05, 3.63) is 87.7 Å². The fourth-order valence-corrected chi connectivity index (χ4v) is 5.65. The van der Waals surface area contributed by atoms with Gasteiger partial charge in [0.25, 0.3) is 5.91 Å². The van der Waals surface area contributed by atoms with Crippen molar-refractivity contribution >= 4 is 28.9 Å². The van der Waals surface area contributed by atoms with Crippen molar-refractivity contribution < 1.29 is 27.9 Å². The molecule has 0 spiro atoms. The maximum absolute atomic E-state index is 13.1. The molecule has 1 aliphatic rings. The lowest BCUT2D eigenvalue weighted by atomic mass is 9.79. The molecule has 0 radical (unpaired) electrons. The zero-order valence-electron chi connectivity index (χ0n) is 21.0. The third-order valence-electron chi connectivity index (χ3n) is 6.42.